The molecule has 0 unspecified atom stereocenters. The minimum Gasteiger partial charge on any atom is -0.426 e. The maximum atomic E-state index is 11.8. The second-order valence-electron chi connectivity index (χ2n) is 5.13. The Morgan fingerprint density at radius 3 is 2.44 bits per heavy atom. The standard InChI is InChI=1S/C17H17N3O5/c1-12(21)19-13-6-8-14(9-7-13)25-17(22)10-11-18-15-4-2-3-5-16(15)20(23)24/h2-9,18H,10-11H2,1H3,(H,19,21). The Balaban J connectivity index is 1.83. The largest absolute Gasteiger partial charge is 0.426 e. The molecule has 0 bridgehead atoms. The van der Waals surface area contributed by atoms with Gasteiger partial charge < -0.3 is 15.4 Å². The van der Waals surface area contributed by atoms with Gasteiger partial charge in [0, 0.05) is 25.2 Å². The number of carbonyl (C=O) groups is 2. The van der Waals surface area contributed by atoms with Gasteiger partial charge in [0.1, 0.15) is 11.4 Å². The number of nitrogens with one attached hydrogen (secondary N) is 2. The summed E-state index contributed by atoms with van der Waals surface area (Å²) in [5, 5.41) is 16.4. The average molecular weight is 343 g/mol. The van der Waals surface area contributed by atoms with E-state index in [0.717, 1.165) is 0 Å². The SMILES string of the molecule is CC(=O)Nc1ccc(OC(=O)CCNc2ccccc2[N+](=O)[O-])cc1. The number of nitrogens with zero attached hydrogens (tertiary/aromatic N) is 1. The first-order chi connectivity index (χ1) is 12.0. The van der Waals surface area contributed by atoms with Gasteiger partial charge in [-0.05, 0) is 30.3 Å². The lowest BCUT2D eigenvalue weighted by Crippen LogP contribution is -2.14. The molecule has 25 heavy (non-hydrogen) atoms. The van der Waals surface area contributed by atoms with Gasteiger partial charge in [0.05, 0.1) is 11.3 Å². The molecule has 0 heterocycles. The zero-order chi connectivity index (χ0) is 18.2. The molecule has 0 radical (unpaired) electrons. The predicted octanol–water partition coefficient (Wildman–Crippen LogP) is 2.96. The Bertz CT molecular complexity index is 774. The highest BCUT2D eigenvalue weighted by Crippen LogP contribution is 2.23. The van der Waals surface area contributed by atoms with Gasteiger partial charge in [0.25, 0.3) is 5.69 Å². The molecule has 0 aromatic heterocycles. The average Bonchev–Trinajstić information content (AvgIpc) is 2.56. The Labute approximate surface area is 144 Å². The van der Waals surface area contributed by atoms with Crippen molar-refractivity contribution in [2.45, 2.75) is 13.3 Å². The van der Waals surface area contributed by atoms with Crippen molar-refractivity contribution in [1.82, 2.24) is 0 Å². The number of amides is 1. The molecule has 130 valence electrons. The summed E-state index contributed by atoms with van der Waals surface area (Å²) in [6.07, 6.45) is 0.0412. The van der Waals surface area contributed by atoms with Gasteiger partial charge in [-0.3, -0.25) is 19.7 Å². The summed E-state index contributed by atoms with van der Waals surface area (Å²) >= 11 is 0. The van der Waals surface area contributed by atoms with Crippen LogP contribution in [0.2, 0.25) is 0 Å². The monoisotopic (exact) mass is 343 g/mol. The minimum absolute atomic E-state index is 0.0412. The van der Waals surface area contributed by atoms with E-state index in [0.29, 0.717) is 17.1 Å². The first kappa shape index (κ1) is 17.9. The molecule has 2 aromatic carbocycles. The second-order valence-corrected chi connectivity index (χ2v) is 5.13. The molecule has 0 saturated carbocycles. The van der Waals surface area contributed by atoms with Crippen molar-refractivity contribution in [1.29, 1.82) is 0 Å². The normalized spacial score (nSPS) is 9.96. The lowest BCUT2D eigenvalue weighted by molar-refractivity contribution is -0.384. The van der Waals surface area contributed by atoms with Gasteiger partial charge in [0.15, 0.2) is 0 Å². The van der Waals surface area contributed by atoms with Gasteiger partial charge in [0.2, 0.25) is 5.91 Å². The van der Waals surface area contributed by atoms with Gasteiger partial charge in [-0.1, -0.05) is 12.1 Å². The molecule has 0 fully saturated rings. The summed E-state index contributed by atoms with van der Waals surface area (Å²) in [6.45, 7) is 1.60. The minimum atomic E-state index is -0.489. The van der Waals surface area contributed by atoms with Crippen LogP contribution in [-0.4, -0.2) is 23.3 Å². The summed E-state index contributed by atoms with van der Waals surface area (Å²) in [5.41, 5.74) is 0.898. The number of nitro benzene ring substituents is 1. The van der Waals surface area contributed by atoms with E-state index in [2.05, 4.69) is 10.6 Å². The topological polar surface area (TPSA) is 111 Å². The van der Waals surface area contributed by atoms with Gasteiger partial charge >= 0.3 is 5.97 Å². The molecule has 8 heteroatoms. The fourth-order valence-electron chi connectivity index (χ4n) is 2.07. The van der Waals surface area contributed by atoms with Crippen molar-refractivity contribution in [3.05, 3.63) is 58.6 Å². The third-order valence-electron chi connectivity index (χ3n) is 3.15. The highest BCUT2D eigenvalue weighted by atomic mass is 16.6. The number of carbonyl (C=O) groups excluding carboxylic acids is 2. The van der Waals surface area contributed by atoms with E-state index in [-0.39, 0.29) is 24.6 Å². The molecule has 2 rings (SSSR count). The molecule has 1 amide bonds. The summed E-state index contributed by atoms with van der Waals surface area (Å²) in [7, 11) is 0. The molecule has 0 atom stereocenters. The highest BCUT2D eigenvalue weighted by molar-refractivity contribution is 5.88. The molecular formula is C17H17N3O5. The van der Waals surface area contributed by atoms with Crippen LogP contribution in [0.3, 0.4) is 0 Å². The van der Waals surface area contributed by atoms with Crippen LogP contribution in [-0.2, 0) is 9.59 Å². The zero-order valence-electron chi connectivity index (χ0n) is 13.5. The molecule has 2 aromatic rings. The molecule has 0 aliphatic heterocycles. The lowest BCUT2D eigenvalue weighted by Gasteiger charge is -2.08. The van der Waals surface area contributed by atoms with Crippen molar-refractivity contribution in [2.24, 2.45) is 0 Å². The number of hydrogen-bond acceptors (Lipinski definition) is 6. The molecule has 0 saturated heterocycles. The number of anilines is 2. The highest BCUT2D eigenvalue weighted by Gasteiger charge is 2.12. The predicted molar refractivity (Wildman–Crippen MR) is 92.6 cm³/mol. The zero-order valence-corrected chi connectivity index (χ0v) is 13.5. The maximum absolute atomic E-state index is 11.8. The summed E-state index contributed by atoms with van der Waals surface area (Å²) in [4.78, 5) is 33.2. The summed E-state index contributed by atoms with van der Waals surface area (Å²) in [6, 6.07) is 12.6. The van der Waals surface area contributed by atoms with E-state index in [4.69, 9.17) is 4.74 Å². The van der Waals surface area contributed by atoms with Crippen LogP contribution in [0, 0.1) is 10.1 Å². The van der Waals surface area contributed by atoms with Gasteiger partial charge in [-0.2, -0.15) is 0 Å². The van der Waals surface area contributed by atoms with Crippen LogP contribution in [0.4, 0.5) is 17.1 Å². The van der Waals surface area contributed by atoms with Crippen LogP contribution < -0.4 is 15.4 Å². The first-order valence-electron chi connectivity index (χ1n) is 7.51. The maximum Gasteiger partial charge on any atom is 0.312 e. The fraction of sp³-hybridized carbons (Fsp3) is 0.176. The number of ether oxygens (including phenoxy) is 1. The van der Waals surface area contributed by atoms with E-state index < -0.39 is 10.9 Å². The number of rotatable bonds is 7. The Kier molecular flexibility index (Phi) is 6.05. The summed E-state index contributed by atoms with van der Waals surface area (Å²) in [5.74, 6) is -0.311. The summed E-state index contributed by atoms with van der Waals surface area (Å²) < 4.78 is 5.16. The van der Waals surface area contributed by atoms with Crippen LogP contribution in [0.1, 0.15) is 13.3 Å². The smallest absolute Gasteiger partial charge is 0.312 e. The number of hydrogen-bond donors (Lipinski definition) is 2. The third-order valence-corrected chi connectivity index (χ3v) is 3.15. The molecular weight excluding hydrogens is 326 g/mol. The van der Waals surface area contributed by atoms with Gasteiger partial charge in [-0.15, -0.1) is 0 Å². The molecule has 2 N–H and O–H groups in total. The van der Waals surface area contributed by atoms with Gasteiger partial charge in [-0.25, -0.2) is 0 Å². The van der Waals surface area contributed by atoms with E-state index in [1.54, 1.807) is 42.5 Å². The van der Waals surface area contributed by atoms with E-state index in [9.17, 15) is 19.7 Å². The van der Waals surface area contributed by atoms with Crippen molar-refractivity contribution < 1.29 is 19.2 Å². The second kappa shape index (κ2) is 8.44. The molecule has 8 nitrogen and oxygen atoms in total. The van der Waals surface area contributed by atoms with Crippen LogP contribution >= 0.6 is 0 Å². The van der Waals surface area contributed by atoms with E-state index in [1.807, 2.05) is 0 Å². The number of nitro groups is 1. The lowest BCUT2D eigenvalue weighted by atomic mass is 10.2. The number of para-hydroxylation sites is 2. The van der Waals surface area contributed by atoms with Crippen LogP contribution in [0.25, 0.3) is 0 Å². The van der Waals surface area contributed by atoms with Crippen molar-refractivity contribution in [3.63, 3.8) is 0 Å². The quantitative estimate of drug-likeness (QED) is 0.346. The molecule has 0 aliphatic carbocycles. The molecule has 0 aliphatic rings. The van der Waals surface area contributed by atoms with Crippen molar-refractivity contribution in [2.75, 3.05) is 17.2 Å². The number of benzene rings is 2. The fourth-order valence-corrected chi connectivity index (χ4v) is 2.07. The Morgan fingerprint density at radius 1 is 1.12 bits per heavy atom. The van der Waals surface area contributed by atoms with Crippen LogP contribution in [0.5, 0.6) is 5.75 Å². The van der Waals surface area contributed by atoms with E-state index >= 15 is 0 Å². The number of esters is 1. The van der Waals surface area contributed by atoms with Crippen molar-refractivity contribution >= 4 is 28.9 Å². The first-order valence-corrected chi connectivity index (χ1v) is 7.51. The van der Waals surface area contributed by atoms with Crippen LogP contribution in [0.15, 0.2) is 48.5 Å². The Morgan fingerprint density at radius 2 is 1.80 bits per heavy atom. The van der Waals surface area contributed by atoms with E-state index in [1.165, 1.54) is 13.0 Å². The molecule has 0 spiro atoms. The Hall–Kier alpha value is -3.42. The third kappa shape index (κ3) is 5.61. The van der Waals surface area contributed by atoms with Crippen molar-refractivity contribution in [3.8, 4) is 5.75 Å².